The lowest BCUT2D eigenvalue weighted by Crippen LogP contribution is -2.11. The molecule has 0 heterocycles. The molecule has 27 heavy (non-hydrogen) atoms. The van der Waals surface area contributed by atoms with E-state index in [1.165, 1.54) is 6.08 Å². The summed E-state index contributed by atoms with van der Waals surface area (Å²) in [6.07, 6.45) is 4.46. The first kappa shape index (κ1) is 23.2. The van der Waals surface area contributed by atoms with Crippen molar-refractivity contribution in [3.8, 4) is 6.07 Å². The van der Waals surface area contributed by atoms with Crippen LogP contribution in [0.2, 0.25) is 0 Å². The molecule has 0 unspecified atom stereocenters. The SMILES string of the molecule is C=C(C)C(=O)Nc1ccc(Nc2ccccc2)cc1.C=CC#N.C=CC=C. The van der Waals surface area contributed by atoms with Crippen molar-refractivity contribution < 1.29 is 4.79 Å². The molecule has 2 aromatic rings. The van der Waals surface area contributed by atoms with Crippen LogP contribution in [0, 0.1) is 11.3 Å². The monoisotopic (exact) mass is 359 g/mol. The lowest BCUT2D eigenvalue weighted by Gasteiger charge is -2.08. The number of carbonyl (C=O) groups is 1. The zero-order chi connectivity index (χ0) is 20.5. The number of nitriles is 1. The number of carbonyl (C=O) groups excluding carboxylic acids is 1. The highest BCUT2D eigenvalue weighted by Crippen LogP contribution is 2.18. The minimum atomic E-state index is -0.163. The van der Waals surface area contributed by atoms with Crippen molar-refractivity contribution >= 4 is 23.0 Å². The van der Waals surface area contributed by atoms with Gasteiger partial charge in [-0.25, -0.2) is 0 Å². The summed E-state index contributed by atoms with van der Waals surface area (Å²) in [5.74, 6) is -0.163. The molecule has 4 nitrogen and oxygen atoms in total. The molecule has 2 aromatic carbocycles. The molecule has 0 spiro atoms. The summed E-state index contributed by atoms with van der Waals surface area (Å²) in [6.45, 7) is 15.1. The van der Waals surface area contributed by atoms with E-state index in [0.717, 1.165) is 17.1 Å². The first-order chi connectivity index (χ1) is 13.0. The molecule has 0 saturated heterocycles. The number of allylic oxidation sites excluding steroid dienone is 3. The highest BCUT2D eigenvalue weighted by atomic mass is 16.1. The van der Waals surface area contributed by atoms with Crippen LogP contribution in [0.1, 0.15) is 6.92 Å². The molecule has 4 heteroatoms. The van der Waals surface area contributed by atoms with Gasteiger partial charge in [-0.15, -0.1) is 0 Å². The summed E-state index contributed by atoms with van der Waals surface area (Å²) in [5, 5.41) is 13.6. The van der Waals surface area contributed by atoms with Gasteiger partial charge in [0.25, 0.3) is 5.91 Å². The summed E-state index contributed by atoms with van der Waals surface area (Å²) in [5.41, 5.74) is 3.25. The molecule has 0 saturated carbocycles. The lowest BCUT2D eigenvalue weighted by molar-refractivity contribution is -0.112. The maximum absolute atomic E-state index is 11.5. The second-order valence-electron chi connectivity index (χ2n) is 5.11. The summed E-state index contributed by atoms with van der Waals surface area (Å²) in [6, 6.07) is 19.2. The van der Waals surface area contributed by atoms with E-state index in [1.54, 1.807) is 25.1 Å². The van der Waals surface area contributed by atoms with Crippen molar-refractivity contribution in [1.29, 1.82) is 5.26 Å². The quantitative estimate of drug-likeness (QED) is 0.391. The van der Waals surface area contributed by atoms with Gasteiger partial charge in [-0.3, -0.25) is 4.79 Å². The van der Waals surface area contributed by atoms with Crippen molar-refractivity contribution in [3.63, 3.8) is 0 Å². The molecule has 0 atom stereocenters. The number of hydrogen-bond acceptors (Lipinski definition) is 3. The van der Waals surface area contributed by atoms with E-state index < -0.39 is 0 Å². The Kier molecular flexibility index (Phi) is 12.4. The highest BCUT2D eigenvalue weighted by molar-refractivity contribution is 6.02. The number of rotatable bonds is 5. The van der Waals surface area contributed by atoms with Gasteiger partial charge in [0, 0.05) is 28.7 Å². The average molecular weight is 359 g/mol. The molecule has 0 aliphatic rings. The predicted molar refractivity (Wildman–Crippen MR) is 116 cm³/mol. The Hall–Kier alpha value is -3.84. The highest BCUT2D eigenvalue weighted by Gasteiger charge is 2.02. The zero-order valence-electron chi connectivity index (χ0n) is 15.6. The fourth-order valence-corrected chi connectivity index (χ4v) is 1.56. The van der Waals surface area contributed by atoms with Gasteiger partial charge in [0.2, 0.25) is 0 Å². The van der Waals surface area contributed by atoms with Crippen molar-refractivity contribution in [1.82, 2.24) is 0 Å². The molecular formula is C23H25N3O. The van der Waals surface area contributed by atoms with Crippen LogP contribution in [-0.4, -0.2) is 5.91 Å². The number of benzene rings is 2. The maximum Gasteiger partial charge on any atom is 0.250 e. The van der Waals surface area contributed by atoms with E-state index in [-0.39, 0.29) is 5.91 Å². The molecular weight excluding hydrogens is 334 g/mol. The number of nitrogens with one attached hydrogen (secondary N) is 2. The van der Waals surface area contributed by atoms with Crippen LogP contribution in [-0.2, 0) is 4.79 Å². The lowest BCUT2D eigenvalue weighted by atomic mass is 10.2. The van der Waals surface area contributed by atoms with E-state index >= 15 is 0 Å². The van der Waals surface area contributed by atoms with Crippen molar-refractivity contribution in [2.24, 2.45) is 0 Å². The topological polar surface area (TPSA) is 64.9 Å². The van der Waals surface area contributed by atoms with Crippen molar-refractivity contribution in [3.05, 3.63) is 105 Å². The van der Waals surface area contributed by atoms with E-state index in [1.807, 2.05) is 54.6 Å². The Morgan fingerprint density at radius 3 is 1.78 bits per heavy atom. The number of hydrogen-bond donors (Lipinski definition) is 2. The number of amides is 1. The number of para-hydroxylation sites is 1. The zero-order valence-corrected chi connectivity index (χ0v) is 15.6. The van der Waals surface area contributed by atoms with E-state index in [0.29, 0.717) is 5.57 Å². The minimum Gasteiger partial charge on any atom is -0.356 e. The first-order valence-electron chi connectivity index (χ1n) is 8.11. The third kappa shape index (κ3) is 11.4. The summed E-state index contributed by atoms with van der Waals surface area (Å²) < 4.78 is 0. The molecule has 0 bridgehead atoms. The molecule has 0 aliphatic carbocycles. The van der Waals surface area contributed by atoms with E-state index in [2.05, 4.69) is 36.9 Å². The van der Waals surface area contributed by atoms with Crippen LogP contribution in [0.3, 0.4) is 0 Å². The Morgan fingerprint density at radius 1 is 0.926 bits per heavy atom. The molecule has 0 fully saturated rings. The van der Waals surface area contributed by atoms with Gasteiger partial charge in [0.05, 0.1) is 6.07 Å². The number of nitrogens with zero attached hydrogens (tertiary/aromatic N) is 1. The minimum absolute atomic E-state index is 0.163. The van der Waals surface area contributed by atoms with Gasteiger partial charge >= 0.3 is 0 Å². The van der Waals surface area contributed by atoms with Crippen LogP contribution in [0.15, 0.2) is 105 Å². The fraction of sp³-hybridized carbons (Fsp3) is 0.0435. The molecule has 0 aromatic heterocycles. The molecule has 1 amide bonds. The van der Waals surface area contributed by atoms with Gasteiger partial charge in [-0.05, 0) is 43.3 Å². The second-order valence-corrected chi connectivity index (χ2v) is 5.11. The van der Waals surface area contributed by atoms with Gasteiger partial charge in [0.1, 0.15) is 0 Å². The van der Waals surface area contributed by atoms with Gasteiger partial charge in [-0.2, -0.15) is 5.26 Å². The normalized spacial score (nSPS) is 8.15. The molecule has 2 rings (SSSR count). The largest absolute Gasteiger partial charge is 0.356 e. The van der Waals surface area contributed by atoms with Crippen LogP contribution >= 0.6 is 0 Å². The Balaban J connectivity index is 0.000000718. The molecule has 0 aliphatic heterocycles. The van der Waals surface area contributed by atoms with Crippen LogP contribution < -0.4 is 10.6 Å². The first-order valence-corrected chi connectivity index (χ1v) is 8.11. The third-order valence-electron chi connectivity index (χ3n) is 2.85. The third-order valence-corrected chi connectivity index (χ3v) is 2.85. The standard InChI is InChI=1S/C16H16N2O.C4H6.C3H3N/c1-12(2)16(19)18-15-10-8-14(9-11-15)17-13-6-4-3-5-7-13;1-3-4-2;1-2-3-4/h3-11,17H,1H2,2H3,(H,18,19);3-4H,1-2H2;2H,1H2. The predicted octanol–water partition coefficient (Wildman–Crippen LogP) is 6.00. The molecule has 0 radical (unpaired) electrons. The molecule has 2 N–H and O–H groups in total. The molecule has 138 valence electrons. The van der Waals surface area contributed by atoms with Crippen LogP contribution in [0.25, 0.3) is 0 Å². The van der Waals surface area contributed by atoms with Gasteiger partial charge < -0.3 is 10.6 Å². The van der Waals surface area contributed by atoms with E-state index in [4.69, 9.17) is 5.26 Å². The van der Waals surface area contributed by atoms with Crippen LogP contribution in [0.5, 0.6) is 0 Å². The Labute approximate surface area is 161 Å². The fourth-order valence-electron chi connectivity index (χ4n) is 1.56. The number of anilines is 3. The van der Waals surface area contributed by atoms with Crippen molar-refractivity contribution in [2.45, 2.75) is 6.92 Å². The smallest absolute Gasteiger partial charge is 0.250 e. The Bertz CT molecular complexity index is 779. The maximum atomic E-state index is 11.5. The second kappa shape index (κ2) is 14.5. The summed E-state index contributed by atoms with van der Waals surface area (Å²) in [7, 11) is 0. The van der Waals surface area contributed by atoms with Crippen LogP contribution in [0.4, 0.5) is 17.1 Å². The van der Waals surface area contributed by atoms with Crippen molar-refractivity contribution in [2.75, 3.05) is 10.6 Å². The summed E-state index contributed by atoms with van der Waals surface area (Å²) in [4.78, 5) is 11.5. The summed E-state index contributed by atoms with van der Waals surface area (Å²) >= 11 is 0. The van der Waals surface area contributed by atoms with Gasteiger partial charge in [-0.1, -0.05) is 56.7 Å². The van der Waals surface area contributed by atoms with Gasteiger partial charge in [0.15, 0.2) is 0 Å². The average Bonchev–Trinajstić information content (AvgIpc) is 2.70. The Morgan fingerprint density at radius 2 is 1.37 bits per heavy atom. The van der Waals surface area contributed by atoms with E-state index in [9.17, 15) is 4.79 Å².